The SMILES string of the molecule is C[Si]1(CS)O[Si](C)(CS)O[Si](C)(CS)O1. The monoisotopic (exact) mass is 318 g/mol. The van der Waals surface area contributed by atoms with Crippen molar-refractivity contribution in [3.63, 3.8) is 0 Å². The first-order valence-corrected chi connectivity index (χ1v) is 14.2. The molecule has 90 valence electrons. The van der Waals surface area contributed by atoms with E-state index in [1.54, 1.807) is 0 Å². The quantitative estimate of drug-likeness (QED) is 0.546. The minimum absolute atomic E-state index is 0.656. The Morgan fingerprint density at radius 1 is 0.667 bits per heavy atom. The highest BCUT2D eigenvalue weighted by atomic mass is 32.1. The largest absolute Gasteiger partial charge is 0.415 e. The minimum atomic E-state index is -2.16. The second-order valence-electron chi connectivity index (χ2n) is 4.18. The van der Waals surface area contributed by atoms with Crippen molar-refractivity contribution in [3.05, 3.63) is 0 Å². The van der Waals surface area contributed by atoms with Gasteiger partial charge in [-0.1, -0.05) is 0 Å². The lowest BCUT2D eigenvalue weighted by Crippen LogP contribution is -2.70. The van der Waals surface area contributed by atoms with Crippen LogP contribution in [0.3, 0.4) is 0 Å². The summed E-state index contributed by atoms with van der Waals surface area (Å²) in [4.78, 5) is 0. The fraction of sp³-hybridized carbons (Fsp3) is 1.00. The van der Waals surface area contributed by atoms with Gasteiger partial charge in [-0.05, 0) is 19.6 Å². The van der Waals surface area contributed by atoms with Gasteiger partial charge in [-0.2, -0.15) is 37.9 Å². The van der Waals surface area contributed by atoms with Crippen LogP contribution in [0, 0.1) is 0 Å². The molecule has 15 heavy (non-hydrogen) atoms. The van der Waals surface area contributed by atoms with E-state index in [-0.39, 0.29) is 0 Å². The maximum atomic E-state index is 6.04. The Hall–Kier alpha value is 1.58. The molecule has 1 fully saturated rings. The Bertz CT molecular complexity index is 199. The Morgan fingerprint density at radius 3 is 1.00 bits per heavy atom. The summed E-state index contributed by atoms with van der Waals surface area (Å²) < 4.78 is 18.1. The van der Waals surface area contributed by atoms with Crippen LogP contribution in [0.15, 0.2) is 0 Å². The Kier molecular flexibility index (Phi) is 4.94. The summed E-state index contributed by atoms with van der Waals surface area (Å²) in [6.07, 6.45) is 0. The van der Waals surface area contributed by atoms with Gasteiger partial charge in [0.05, 0.1) is 0 Å². The van der Waals surface area contributed by atoms with Crippen LogP contribution in [0.4, 0.5) is 0 Å². The summed E-state index contributed by atoms with van der Waals surface area (Å²) in [7, 11) is -6.48. The smallest absolute Gasteiger partial charge is 0.327 e. The van der Waals surface area contributed by atoms with E-state index in [1.165, 1.54) is 0 Å². The molecular weight excluding hydrogens is 301 g/mol. The first kappa shape index (κ1) is 14.6. The van der Waals surface area contributed by atoms with Crippen LogP contribution in [-0.2, 0) is 12.3 Å². The minimum Gasteiger partial charge on any atom is -0.415 e. The van der Waals surface area contributed by atoms with Crippen LogP contribution >= 0.6 is 37.9 Å². The van der Waals surface area contributed by atoms with Gasteiger partial charge in [0.15, 0.2) is 0 Å². The summed E-state index contributed by atoms with van der Waals surface area (Å²) in [5, 5.41) is 1.97. The molecule has 1 aliphatic heterocycles. The normalized spacial score (nSPS) is 46.8. The fourth-order valence-corrected chi connectivity index (χ4v) is 19.2. The zero-order chi connectivity index (χ0) is 11.7. The molecule has 3 nitrogen and oxygen atoms in total. The molecule has 0 atom stereocenters. The first-order chi connectivity index (χ1) is 6.80. The van der Waals surface area contributed by atoms with E-state index in [4.69, 9.17) is 12.3 Å². The maximum Gasteiger partial charge on any atom is 0.327 e. The molecule has 0 aliphatic carbocycles. The molecule has 0 radical (unpaired) electrons. The van der Waals surface area contributed by atoms with Gasteiger partial charge >= 0.3 is 25.7 Å². The van der Waals surface area contributed by atoms with Crippen LogP contribution in [0.1, 0.15) is 0 Å². The standard InChI is InChI=1S/C6H18O3S3Si3/c1-13(4-10)7-14(2,5-11)9-15(3,6-12)8-13/h10-12H,4-6H2,1-3H3. The zero-order valence-electron chi connectivity index (χ0n) is 9.19. The molecule has 0 aromatic rings. The van der Waals surface area contributed by atoms with Crippen molar-refractivity contribution in [2.24, 2.45) is 0 Å². The molecule has 9 heteroatoms. The number of hydrogen-bond acceptors (Lipinski definition) is 6. The highest BCUT2D eigenvalue weighted by molar-refractivity contribution is 7.83. The third-order valence-corrected chi connectivity index (χ3v) is 19.4. The lowest BCUT2D eigenvalue weighted by atomic mass is 11.9. The molecule has 0 amide bonds. The lowest BCUT2D eigenvalue weighted by molar-refractivity contribution is 0.236. The average Bonchev–Trinajstić information content (AvgIpc) is 2.16. The van der Waals surface area contributed by atoms with E-state index in [0.717, 1.165) is 0 Å². The van der Waals surface area contributed by atoms with E-state index >= 15 is 0 Å². The van der Waals surface area contributed by atoms with E-state index in [9.17, 15) is 0 Å². The zero-order valence-corrected chi connectivity index (χ0v) is 14.9. The summed E-state index contributed by atoms with van der Waals surface area (Å²) in [6, 6.07) is 0. The van der Waals surface area contributed by atoms with Gasteiger partial charge in [-0.25, -0.2) is 0 Å². The second kappa shape index (κ2) is 5.06. The van der Waals surface area contributed by atoms with Gasteiger partial charge in [0.1, 0.15) is 0 Å². The Balaban J connectivity index is 2.92. The third-order valence-electron chi connectivity index (χ3n) is 2.16. The van der Waals surface area contributed by atoms with E-state index in [2.05, 4.69) is 37.9 Å². The summed E-state index contributed by atoms with van der Waals surface area (Å²) in [5.74, 6) is 0. The molecular formula is C6H18O3S3Si3. The predicted molar refractivity (Wildman–Crippen MR) is 79.7 cm³/mol. The van der Waals surface area contributed by atoms with Gasteiger partial charge in [0.2, 0.25) is 0 Å². The van der Waals surface area contributed by atoms with Crippen molar-refractivity contribution in [1.82, 2.24) is 0 Å². The topological polar surface area (TPSA) is 27.7 Å². The van der Waals surface area contributed by atoms with E-state index < -0.39 is 25.7 Å². The summed E-state index contributed by atoms with van der Waals surface area (Å²) in [6.45, 7) is 6.14. The molecule has 1 saturated heterocycles. The molecule has 0 unspecified atom stereocenters. The molecule has 1 heterocycles. The van der Waals surface area contributed by atoms with Crippen LogP contribution < -0.4 is 0 Å². The van der Waals surface area contributed by atoms with Crippen LogP contribution in [0.25, 0.3) is 0 Å². The molecule has 0 bridgehead atoms. The van der Waals surface area contributed by atoms with Crippen LogP contribution in [-0.4, -0.2) is 41.8 Å². The molecule has 0 N–H and O–H groups in total. The highest BCUT2D eigenvalue weighted by Gasteiger charge is 2.55. The number of rotatable bonds is 3. The van der Waals surface area contributed by atoms with Gasteiger partial charge in [0.25, 0.3) is 0 Å². The molecule has 0 aromatic heterocycles. The number of hydrogen-bond donors (Lipinski definition) is 3. The van der Waals surface area contributed by atoms with E-state index in [1.807, 2.05) is 19.6 Å². The van der Waals surface area contributed by atoms with Crippen molar-refractivity contribution >= 4 is 63.6 Å². The summed E-state index contributed by atoms with van der Waals surface area (Å²) >= 11 is 13.0. The van der Waals surface area contributed by atoms with Crippen molar-refractivity contribution in [3.8, 4) is 0 Å². The first-order valence-electron chi connectivity index (χ1n) is 4.73. The third kappa shape index (κ3) is 3.52. The van der Waals surface area contributed by atoms with Crippen molar-refractivity contribution < 1.29 is 12.3 Å². The van der Waals surface area contributed by atoms with Gasteiger partial charge in [0, 0.05) is 16.1 Å². The maximum absolute atomic E-state index is 6.04. The molecule has 0 saturated carbocycles. The lowest BCUT2D eigenvalue weighted by Gasteiger charge is -2.49. The Morgan fingerprint density at radius 2 is 0.867 bits per heavy atom. The van der Waals surface area contributed by atoms with E-state index in [0.29, 0.717) is 16.1 Å². The van der Waals surface area contributed by atoms with Gasteiger partial charge < -0.3 is 12.3 Å². The van der Waals surface area contributed by atoms with Crippen molar-refractivity contribution in [1.29, 1.82) is 0 Å². The van der Waals surface area contributed by atoms with Crippen LogP contribution in [0.2, 0.25) is 19.6 Å². The molecule has 0 spiro atoms. The highest BCUT2D eigenvalue weighted by Crippen LogP contribution is 2.32. The van der Waals surface area contributed by atoms with Crippen molar-refractivity contribution in [2.45, 2.75) is 19.6 Å². The number of thiol groups is 3. The molecule has 1 rings (SSSR count). The predicted octanol–water partition coefficient (Wildman–Crippen LogP) is 1.67. The average molecular weight is 319 g/mol. The molecule has 0 aromatic carbocycles. The van der Waals surface area contributed by atoms with Crippen LogP contribution in [0.5, 0.6) is 0 Å². The van der Waals surface area contributed by atoms with Gasteiger partial charge in [-0.15, -0.1) is 0 Å². The second-order valence-corrected chi connectivity index (χ2v) is 17.2. The summed E-state index contributed by atoms with van der Waals surface area (Å²) in [5.41, 5.74) is 0. The fourth-order valence-electron chi connectivity index (χ4n) is 1.63. The molecule has 1 aliphatic rings. The van der Waals surface area contributed by atoms with Crippen molar-refractivity contribution in [2.75, 3.05) is 16.1 Å². The van der Waals surface area contributed by atoms with Gasteiger partial charge in [-0.3, -0.25) is 0 Å². The Labute approximate surface area is 111 Å².